The molecule has 0 saturated carbocycles. The largest absolute Gasteiger partial charge is 0.356 e. The molecule has 3 heterocycles. The van der Waals surface area contributed by atoms with E-state index in [2.05, 4.69) is 10.3 Å². The zero-order valence-electron chi connectivity index (χ0n) is 13.4. The number of anilines is 1. The molecule has 128 valence electrons. The van der Waals surface area contributed by atoms with Crippen molar-refractivity contribution in [2.24, 2.45) is 7.05 Å². The van der Waals surface area contributed by atoms with Crippen LogP contribution in [0.2, 0.25) is 0 Å². The zero-order valence-corrected chi connectivity index (χ0v) is 14.3. The third-order valence-corrected chi connectivity index (χ3v) is 5.14. The fraction of sp³-hybridized carbons (Fsp3) is 0.438. The minimum Gasteiger partial charge on any atom is -0.356 e. The molecule has 1 fully saturated rings. The number of thiophene rings is 1. The molecule has 1 aliphatic rings. The molecule has 24 heavy (non-hydrogen) atoms. The summed E-state index contributed by atoms with van der Waals surface area (Å²) >= 11 is 1.66. The Kier molecular flexibility index (Phi) is 4.84. The van der Waals surface area contributed by atoms with Crippen LogP contribution in [0.3, 0.4) is 0 Å². The highest BCUT2D eigenvalue weighted by molar-refractivity contribution is 7.09. The van der Waals surface area contributed by atoms with E-state index in [0.29, 0.717) is 25.3 Å². The van der Waals surface area contributed by atoms with E-state index in [4.69, 9.17) is 0 Å². The second-order valence-electron chi connectivity index (χ2n) is 5.94. The van der Waals surface area contributed by atoms with Crippen LogP contribution >= 0.6 is 11.3 Å². The van der Waals surface area contributed by atoms with Crippen LogP contribution in [0, 0.1) is 0 Å². The highest BCUT2D eigenvalue weighted by Gasteiger charge is 2.25. The lowest BCUT2D eigenvalue weighted by molar-refractivity contribution is -0.121. The van der Waals surface area contributed by atoms with Crippen molar-refractivity contribution in [3.63, 3.8) is 0 Å². The number of aromatic amines is 1. The first-order valence-electron chi connectivity index (χ1n) is 7.90. The average molecular weight is 348 g/mol. The van der Waals surface area contributed by atoms with Gasteiger partial charge in [-0.3, -0.25) is 19.1 Å². The van der Waals surface area contributed by atoms with Crippen molar-refractivity contribution in [3.05, 3.63) is 49.3 Å². The van der Waals surface area contributed by atoms with Gasteiger partial charge >= 0.3 is 5.69 Å². The normalized spacial score (nSPS) is 17.2. The van der Waals surface area contributed by atoms with Crippen molar-refractivity contribution in [3.8, 4) is 0 Å². The molecule has 0 spiro atoms. The second kappa shape index (κ2) is 7.04. The Bertz CT molecular complexity index is 793. The van der Waals surface area contributed by atoms with Gasteiger partial charge in [0.25, 0.3) is 5.56 Å². The number of nitrogens with one attached hydrogen (secondary N) is 2. The van der Waals surface area contributed by atoms with E-state index in [1.807, 2.05) is 22.4 Å². The highest BCUT2D eigenvalue weighted by atomic mass is 32.1. The average Bonchev–Trinajstić information content (AvgIpc) is 3.21. The Morgan fingerprint density at radius 1 is 1.46 bits per heavy atom. The number of hydrogen-bond donors (Lipinski definition) is 2. The van der Waals surface area contributed by atoms with Gasteiger partial charge in [-0.1, -0.05) is 6.07 Å². The Balaban J connectivity index is 1.54. The Morgan fingerprint density at radius 3 is 3.00 bits per heavy atom. The SMILES string of the molecule is Cn1c(=O)cc(N2CCC(NC(=O)CCc3cccs3)C2)[nH]c1=O. The maximum Gasteiger partial charge on any atom is 0.329 e. The van der Waals surface area contributed by atoms with Crippen molar-refractivity contribution in [2.45, 2.75) is 25.3 Å². The topological polar surface area (TPSA) is 87.2 Å². The van der Waals surface area contributed by atoms with E-state index in [-0.39, 0.29) is 17.5 Å². The number of nitrogens with zero attached hydrogens (tertiary/aromatic N) is 2. The predicted molar refractivity (Wildman–Crippen MR) is 93.7 cm³/mol. The van der Waals surface area contributed by atoms with Gasteiger partial charge in [0.2, 0.25) is 5.91 Å². The molecule has 0 bridgehead atoms. The van der Waals surface area contributed by atoms with Crippen LogP contribution in [0.5, 0.6) is 0 Å². The molecular weight excluding hydrogens is 328 g/mol. The van der Waals surface area contributed by atoms with Gasteiger partial charge in [-0.15, -0.1) is 11.3 Å². The number of aryl methyl sites for hydroxylation is 1. The van der Waals surface area contributed by atoms with Crippen molar-refractivity contribution in [2.75, 3.05) is 18.0 Å². The minimum absolute atomic E-state index is 0.0349. The summed E-state index contributed by atoms with van der Waals surface area (Å²) in [5, 5.41) is 5.04. The van der Waals surface area contributed by atoms with Crippen molar-refractivity contribution in [1.29, 1.82) is 0 Å². The van der Waals surface area contributed by atoms with E-state index >= 15 is 0 Å². The van der Waals surface area contributed by atoms with Gasteiger partial charge in [-0.25, -0.2) is 4.79 Å². The lowest BCUT2D eigenvalue weighted by Crippen LogP contribution is -2.39. The molecule has 0 aromatic carbocycles. The van der Waals surface area contributed by atoms with Gasteiger partial charge in [-0.05, 0) is 24.3 Å². The van der Waals surface area contributed by atoms with Gasteiger partial charge < -0.3 is 10.2 Å². The summed E-state index contributed by atoms with van der Waals surface area (Å²) in [7, 11) is 1.44. The maximum atomic E-state index is 12.1. The summed E-state index contributed by atoms with van der Waals surface area (Å²) in [5.41, 5.74) is -0.766. The molecule has 2 N–H and O–H groups in total. The molecule has 3 rings (SSSR count). The van der Waals surface area contributed by atoms with Crippen LogP contribution in [-0.4, -0.2) is 34.6 Å². The predicted octanol–water partition coefficient (Wildman–Crippen LogP) is 0.463. The Morgan fingerprint density at radius 2 is 2.29 bits per heavy atom. The highest BCUT2D eigenvalue weighted by Crippen LogP contribution is 2.16. The lowest BCUT2D eigenvalue weighted by atomic mass is 10.2. The monoisotopic (exact) mass is 348 g/mol. The summed E-state index contributed by atoms with van der Waals surface area (Å²) in [6.45, 7) is 1.28. The molecule has 0 aliphatic carbocycles. The van der Waals surface area contributed by atoms with E-state index in [0.717, 1.165) is 17.4 Å². The molecular formula is C16H20N4O3S. The first-order valence-corrected chi connectivity index (χ1v) is 8.78. The van der Waals surface area contributed by atoms with Gasteiger partial charge in [-0.2, -0.15) is 0 Å². The van der Waals surface area contributed by atoms with Gasteiger partial charge in [0.1, 0.15) is 5.82 Å². The van der Waals surface area contributed by atoms with Gasteiger partial charge in [0, 0.05) is 43.5 Å². The summed E-state index contributed by atoms with van der Waals surface area (Å²) < 4.78 is 1.03. The Hall–Kier alpha value is -2.35. The molecule has 1 atom stereocenters. The van der Waals surface area contributed by atoms with Crippen LogP contribution in [0.25, 0.3) is 0 Å². The van der Waals surface area contributed by atoms with Crippen LogP contribution in [0.4, 0.5) is 5.82 Å². The molecule has 2 aromatic heterocycles. The molecule has 1 saturated heterocycles. The fourth-order valence-corrected chi connectivity index (χ4v) is 3.51. The maximum absolute atomic E-state index is 12.1. The lowest BCUT2D eigenvalue weighted by Gasteiger charge is -2.18. The van der Waals surface area contributed by atoms with Crippen molar-refractivity contribution < 1.29 is 4.79 Å². The minimum atomic E-state index is -0.430. The standard InChI is InChI=1S/C16H20N4O3S/c1-19-15(22)9-13(18-16(19)23)20-7-6-11(10-20)17-14(21)5-4-12-3-2-8-24-12/h2-3,8-9,11H,4-7,10H2,1H3,(H,17,21)(H,18,23). The van der Waals surface area contributed by atoms with E-state index in [1.54, 1.807) is 11.3 Å². The molecule has 0 radical (unpaired) electrons. The number of hydrogen-bond acceptors (Lipinski definition) is 5. The quantitative estimate of drug-likeness (QED) is 0.822. The first kappa shape index (κ1) is 16.5. The van der Waals surface area contributed by atoms with E-state index in [9.17, 15) is 14.4 Å². The summed E-state index contributed by atoms with van der Waals surface area (Å²) in [4.78, 5) is 41.3. The number of carbonyl (C=O) groups excluding carboxylic acids is 1. The number of carbonyl (C=O) groups is 1. The Labute approximate surface area is 142 Å². The number of aromatic nitrogens is 2. The van der Waals surface area contributed by atoms with Crippen LogP contribution < -0.4 is 21.5 Å². The third kappa shape index (κ3) is 3.76. The molecule has 8 heteroatoms. The smallest absolute Gasteiger partial charge is 0.329 e. The first-order chi connectivity index (χ1) is 11.5. The number of amides is 1. The van der Waals surface area contributed by atoms with Crippen molar-refractivity contribution in [1.82, 2.24) is 14.9 Å². The van der Waals surface area contributed by atoms with Crippen LogP contribution in [0.1, 0.15) is 17.7 Å². The summed E-state index contributed by atoms with van der Waals surface area (Å²) in [5.74, 6) is 0.547. The second-order valence-corrected chi connectivity index (χ2v) is 6.97. The van der Waals surface area contributed by atoms with Gasteiger partial charge in [0.05, 0.1) is 0 Å². The van der Waals surface area contributed by atoms with Gasteiger partial charge in [0.15, 0.2) is 0 Å². The number of rotatable bonds is 5. The molecule has 2 aromatic rings. The molecule has 1 unspecified atom stereocenters. The number of H-pyrrole nitrogens is 1. The third-order valence-electron chi connectivity index (χ3n) is 4.20. The fourth-order valence-electron chi connectivity index (χ4n) is 2.80. The molecule has 1 aliphatic heterocycles. The summed E-state index contributed by atoms with van der Waals surface area (Å²) in [6, 6.07) is 5.47. The van der Waals surface area contributed by atoms with E-state index < -0.39 is 5.69 Å². The van der Waals surface area contributed by atoms with Crippen LogP contribution in [-0.2, 0) is 18.3 Å². The van der Waals surface area contributed by atoms with Crippen LogP contribution in [0.15, 0.2) is 33.2 Å². The molecule has 7 nitrogen and oxygen atoms in total. The van der Waals surface area contributed by atoms with Crippen molar-refractivity contribution >= 4 is 23.1 Å². The summed E-state index contributed by atoms with van der Waals surface area (Å²) in [6.07, 6.45) is 2.02. The van der Waals surface area contributed by atoms with E-state index in [1.165, 1.54) is 18.0 Å². The molecule has 1 amide bonds. The zero-order chi connectivity index (χ0) is 17.1.